The van der Waals surface area contributed by atoms with Gasteiger partial charge in [-0.15, -0.1) is 0 Å². The largest absolute Gasteiger partial charge is 0.493 e. The van der Waals surface area contributed by atoms with Crippen molar-refractivity contribution in [2.24, 2.45) is 0 Å². The van der Waals surface area contributed by atoms with Crippen molar-refractivity contribution in [2.75, 3.05) is 13.9 Å². The molecule has 2 aromatic rings. The molecule has 3 rings (SSSR count). The predicted octanol–water partition coefficient (Wildman–Crippen LogP) is 3.84. The van der Waals surface area contributed by atoms with Crippen molar-refractivity contribution in [3.05, 3.63) is 53.1 Å². The maximum absolute atomic E-state index is 5.47. The summed E-state index contributed by atoms with van der Waals surface area (Å²) in [6, 6.07) is 13.0. The molecule has 0 saturated carbocycles. The highest BCUT2D eigenvalue weighted by atomic mass is 16.7. The zero-order chi connectivity index (χ0) is 16.2. The van der Waals surface area contributed by atoms with Crippen molar-refractivity contribution in [1.29, 1.82) is 0 Å². The molecule has 23 heavy (non-hydrogen) atoms. The standard InChI is InChI=1S/C19H23NO3/c1-4-14-5-7-16(8-6-14)13(2)20-11-15-9-17(21-3)19-18(10-15)22-12-23-19/h5-10,13,20H,4,11-12H2,1-3H3. The van der Waals surface area contributed by atoms with E-state index < -0.39 is 0 Å². The van der Waals surface area contributed by atoms with Gasteiger partial charge in [-0.25, -0.2) is 0 Å². The molecule has 0 saturated heterocycles. The smallest absolute Gasteiger partial charge is 0.231 e. The van der Waals surface area contributed by atoms with Crippen LogP contribution < -0.4 is 19.5 Å². The molecule has 1 heterocycles. The lowest BCUT2D eigenvalue weighted by Gasteiger charge is -2.15. The number of ether oxygens (including phenoxy) is 3. The molecule has 4 nitrogen and oxygen atoms in total. The Morgan fingerprint density at radius 2 is 1.91 bits per heavy atom. The van der Waals surface area contributed by atoms with Crippen molar-refractivity contribution < 1.29 is 14.2 Å². The van der Waals surface area contributed by atoms with Crippen LogP contribution in [0, 0.1) is 0 Å². The van der Waals surface area contributed by atoms with E-state index in [1.807, 2.05) is 12.1 Å². The third-order valence-electron chi connectivity index (χ3n) is 4.22. The maximum atomic E-state index is 5.47. The second kappa shape index (κ2) is 6.92. The molecule has 0 amide bonds. The van der Waals surface area contributed by atoms with Gasteiger partial charge in [0.25, 0.3) is 0 Å². The lowest BCUT2D eigenvalue weighted by Crippen LogP contribution is -2.18. The van der Waals surface area contributed by atoms with E-state index in [0.29, 0.717) is 5.75 Å². The second-order valence-corrected chi connectivity index (χ2v) is 5.73. The van der Waals surface area contributed by atoms with E-state index in [-0.39, 0.29) is 12.8 Å². The molecular formula is C19H23NO3. The molecular weight excluding hydrogens is 290 g/mol. The molecule has 1 aliphatic heterocycles. The highest BCUT2D eigenvalue weighted by Gasteiger charge is 2.20. The summed E-state index contributed by atoms with van der Waals surface area (Å²) in [5, 5.41) is 3.54. The average Bonchev–Trinajstić information content (AvgIpc) is 3.07. The van der Waals surface area contributed by atoms with Gasteiger partial charge in [-0.05, 0) is 42.2 Å². The molecule has 1 atom stereocenters. The van der Waals surface area contributed by atoms with Gasteiger partial charge in [0, 0.05) is 12.6 Å². The molecule has 0 bridgehead atoms. The number of rotatable bonds is 6. The van der Waals surface area contributed by atoms with E-state index in [9.17, 15) is 0 Å². The highest BCUT2D eigenvalue weighted by molar-refractivity contribution is 5.55. The Kier molecular flexibility index (Phi) is 4.72. The molecule has 1 aliphatic rings. The van der Waals surface area contributed by atoms with Gasteiger partial charge < -0.3 is 19.5 Å². The van der Waals surface area contributed by atoms with Crippen LogP contribution >= 0.6 is 0 Å². The van der Waals surface area contributed by atoms with Crippen molar-refractivity contribution >= 4 is 0 Å². The van der Waals surface area contributed by atoms with Gasteiger partial charge in [-0.3, -0.25) is 0 Å². The van der Waals surface area contributed by atoms with Crippen LogP contribution in [0.4, 0.5) is 0 Å². The average molecular weight is 313 g/mol. The Labute approximate surface area is 137 Å². The fraction of sp³-hybridized carbons (Fsp3) is 0.368. The molecule has 4 heteroatoms. The molecule has 0 spiro atoms. The lowest BCUT2D eigenvalue weighted by molar-refractivity contribution is 0.171. The first-order valence-corrected chi connectivity index (χ1v) is 8.00. The van der Waals surface area contributed by atoms with Crippen LogP contribution in [0.3, 0.4) is 0 Å². The lowest BCUT2D eigenvalue weighted by atomic mass is 10.0. The van der Waals surface area contributed by atoms with Crippen LogP contribution in [0.15, 0.2) is 36.4 Å². The van der Waals surface area contributed by atoms with Crippen LogP contribution in [0.2, 0.25) is 0 Å². The van der Waals surface area contributed by atoms with Crippen LogP contribution in [0.1, 0.15) is 36.6 Å². The number of nitrogens with one attached hydrogen (secondary N) is 1. The minimum absolute atomic E-state index is 0.253. The van der Waals surface area contributed by atoms with Crippen molar-refractivity contribution in [1.82, 2.24) is 5.32 Å². The first-order chi connectivity index (χ1) is 11.2. The van der Waals surface area contributed by atoms with Gasteiger partial charge >= 0.3 is 0 Å². The van der Waals surface area contributed by atoms with Crippen LogP contribution in [0.25, 0.3) is 0 Å². The summed E-state index contributed by atoms with van der Waals surface area (Å²) in [7, 11) is 1.65. The molecule has 2 aromatic carbocycles. The van der Waals surface area contributed by atoms with Gasteiger partial charge in [-0.1, -0.05) is 31.2 Å². The number of hydrogen-bond donors (Lipinski definition) is 1. The van der Waals surface area contributed by atoms with Gasteiger partial charge in [-0.2, -0.15) is 0 Å². The third-order valence-corrected chi connectivity index (χ3v) is 4.22. The summed E-state index contributed by atoms with van der Waals surface area (Å²) in [6.45, 7) is 5.33. The zero-order valence-electron chi connectivity index (χ0n) is 13.9. The molecule has 0 aromatic heterocycles. The van der Waals surface area contributed by atoms with Gasteiger partial charge in [0.05, 0.1) is 7.11 Å². The summed E-state index contributed by atoms with van der Waals surface area (Å²) in [4.78, 5) is 0. The molecule has 1 unspecified atom stereocenters. The normalized spacial score (nSPS) is 13.9. The topological polar surface area (TPSA) is 39.7 Å². The van der Waals surface area contributed by atoms with Gasteiger partial charge in [0.2, 0.25) is 12.5 Å². The van der Waals surface area contributed by atoms with Crippen LogP contribution in [-0.4, -0.2) is 13.9 Å². The summed E-state index contributed by atoms with van der Waals surface area (Å²) >= 11 is 0. The van der Waals surface area contributed by atoms with Crippen LogP contribution in [-0.2, 0) is 13.0 Å². The maximum Gasteiger partial charge on any atom is 0.231 e. The monoisotopic (exact) mass is 313 g/mol. The number of hydrogen-bond acceptors (Lipinski definition) is 4. The quantitative estimate of drug-likeness (QED) is 0.879. The van der Waals surface area contributed by atoms with Gasteiger partial charge in [0.15, 0.2) is 11.5 Å². The second-order valence-electron chi connectivity index (χ2n) is 5.73. The molecule has 0 fully saturated rings. The first kappa shape index (κ1) is 15.7. The fourth-order valence-corrected chi connectivity index (χ4v) is 2.72. The molecule has 122 valence electrons. The summed E-state index contributed by atoms with van der Waals surface area (Å²) in [6.07, 6.45) is 1.07. The third kappa shape index (κ3) is 3.42. The van der Waals surface area contributed by atoms with Crippen molar-refractivity contribution in [2.45, 2.75) is 32.9 Å². The molecule has 0 aliphatic carbocycles. The number of aryl methyl sites for hydroxylation is 1. The van der Waals surface area contributed by atoms with E-state index in [1.54, 1.807) is 7.11 Å². The minimum atomic E-state index is 0.253. The predicted molar refractivity (Wildman–Crippen MR) is 90.2 cm³/mol. The number of benzene rings is 2. The summed E-state index contributed by atoms with van der Waals surface area (Å²) < 4.78 is 16.3. The summed E-state index contributed by atoms with van der Waals surface area (Å²) in [5.74, 6) is 2.16. The Hall–Kier alpha value is -2.20. The van der Waals surface area contributed by atoms with Crippen molar-refractivity contribution in [3.63, 3.8) is 0 Å². The SMILES string of the molecule is CCc1ccc(C(C)NCc2cc(OC)c3c(c2)OCO3)cc1. The van der Waals surface area contributed by atoms with E-state index in [4.69, 9.17) is 14.2 Å². The van der Waals surface area contributed by atoms with E-state index in [1.165, 1.54) is 11.1 Å². The van der Waals surface area contributed by atoms with Crippen LogP contribution in [0.5, 0.6) is 17.2 Å². The van der Waals surface area contributed by atoms with E-state index in [2.05, 4.69) is 43.4 Å². The fourth-order valence-electron chi connectivity index (χ4n) is 2.72. The Morgan fingerprint density at radius 1 is 1.13 bits per heavy atom. The molecule has 0 radical (unpaired) electrons. The van der Waals surface area contributed by atoms with Crippen molar-refractivity contribution in [3.8, 4) is 17.2 Å². The highest BCUT2D eigenvalue weighted by Crippen LogP contribution is 2.41. The minimum Gasteiger partial charge on any atom is -0.493 e. The Morgan fingerprint density at radius 3 is 2.61 bits per heavy atom. The van der Waals surface area contributed by atoms with E-state index >= 15 is 0 Å². The number of methoxy groups -OCH3 is 1. The Balaban J connectivity index is 1.67. The molecule has 1 N–H and O–H groups in total. The number of fused-ring (bicyclic) bond motifs is 1. The zero-order valence-corrected chi connectivity index (χ0v) is 13.9. The first-order valence-electron chi connectivity index (χ1n) is 8.00. The summed E-state index contributed by atoms with van der Waals surface area (Å²) in [5.41, 5.74) is 3.76. The van der Waals surface area contributed by atoms with E-state index in [0.717, 1.165) is 30.0 Å². The Bertz CT molecular complexity index is 667. The van der Waals surface area contributed by atoms with Gasteiger partial charge in [0.1, 0.15) is 0 Å².